The van der Waals surface area contributed by atoms with Gasteiger partial charge >= 0.3 is 0 Å². The van der Waals surface area contributed by atoms with Gasteiger partial charge in [0.15, 0.2) is 0 Å². The number of aromatic nitrogens is 6. The Labute approximate surface area is 239 Å². The van der Waals surface area contributed by atoms with Crippen molar-refractivity contribution in [2.45, 2.75) is 32.2 Å². The van der Waals surface area contributed by atoms with E-state index in [0.717, 1.165) is 105 Å². The van der Waals surface area contributed by atoms with Gasteiger partial charge in [-0.15, -0.1) is 0 Å². The molecule has 0 amide bonds. The molecule has 1 fully saturated rings. The molecule has 9 heteroatoms. The van der Waals surface area contributed by atoms with Crippen LogP contribution < -0.4 is 9.64 Å². The van der Waals surface area contributed by atoms with Gasteiger partial charge in [0.05, 0.1) is 17.8 Å². The summed E-state index contributed by atoms with van der Waals surface area (Å²) in [5.41, 5.74) is 6.41. The Balaban J connectivity index is 0.981. The van der Waals surface area contributed by atoms with Crippen molar-refractivity contribution in [2.75, 3.05) is 44.2 Å². The minimum Gasteiger partial charge on any atom is -0.494 e. The minimum absolute atomic E-state index is 0.698. The van der Waals surface area contributed by atoms with Gasteiger partial charge in [0.2, 0.25) is 5.95 Å². The third kappa shape index (κ3) is 5.37. The molecule has 4 aromatic heterocycles. The SMILES string of the molecule is c1ccc(-c2nn3c(c2-c2ccnc4cc(OCCCCN5CCN(c6ncccn6)CC5)ccc24)CCC3)nc1. The molecule has 1 aromatic carbocycles. The number of hydrogen-bond donors (Lipinski definition) is 0. The number of unbranched alkanes of at least 4 members (excludes halogenated alkanes) is 1. The van der Waals surface area contributed by atoms with Crippen LogP contribution in [0.25, 0.3) is 33.4 Å². The first-order chi connectivity index (χ1) is 20.3. The number of benzene rings is 1. The van der Waals surface area contributed by atoms with Crippen LogP contribution in [-0.4, -0.2) is 73.9 Å². The second-order valence-corrected chi connectivity index (χ2v) is 10.7. The molecule has 7 rings (SSSR count). The number of nitrogens with zero attached hydrogens (tertiary/aromatic N) is 8. The van der Waals surface area contributed by atoms with E-state index in [1.165, 1.54) is 11.3 Å². The summed E-state index contributed by atoms with van der Waals surface area (Å²) in [4.78, 5) is 22.9. The van der Waals surface area contributed by atoms with Crippen molar-refractivity contribution in [1.82, 2.24) is 34.6 Å². The van der Waals surface area contributed by atoms with Crippen molar-refractivity contribution in [1.29, 1.82) is 0 Å². The third-order valence-electron chi connectivity index (χ3n) is 8.08. The lowest BCUT2D eigenvalue weighted by Crippen LogP contribution is -2.47. The van der Waals surface area contributed by atoms with Gasteiger partial charge < -0.3 is 9.64 Å². The van der Waals surface area contributed by atoms with Gasteiger partial charge in [0.1, 0.15) is 11.4 Å². The molecule has 0 radical (unpaired) electrons. The topological polar surface area (TPSA) is 85.1 Å². The Morgan fingerprint density at radius 1 is 0.780 bits per heavy atom. The molecule has 1 saturated heterocycles. The zero-order valence-corrected chi connectivity index (χ0v) is 23.2. The monoisotopic (exact) mass is 546 g/mol. The number of aryl methyl sites for hydroxylation is 1. The molecule has 0 atom stereocenters. The van der Waals surface area contributed by atoms with E-state index in [1.807, 2.05) is 49.1 Å². The molecule has 2 aliphatic rings. The zero-order chi connectivity index (χ0) is 27.4. The fraction of sp³-hybridized carbons (Fsp3) is 0.344. The standard InChI is InChI=1S/C32H34N8O/c1-2-12-33-27(7-1)31-30(29-8-5-17-40(29)37-31)26-11-15-34-28-23-24(9-10-25(26)28)41-22-4-3-16-38-18-20-39(21-19-38)32-35-13-6-14-36-32/h1-2,6-7,9-15,23H,3-5,8,16-22H2. The maximum absolute atomic E-state index is 6.17. The largest absolute Gasteiger partial charge is 0.494 e. The van der Waals surface area contributed by atoms with Crippen molar-refractivity contribution < 1.29 is 4.74 Å². The summed E-state index contributed by atoms with van der Waals surface area (Å²) in [6.45, 7) is 6.76. The van der Waals surface area contributed by atoms with Gasteiger partial charge in [-0.25, -0.2) is 9.97 Å². The quantitative estimate of drug-likeness (QED) is 0.242. The van der Waals surface area contributed by atoms with Crippen molar-refractivity contribution in [2.24, 2.45) is 0 Å². The highest BCUT2D eigenvalue weighted by molar-refractivity contribution is 5.99. The average Bonchev–Trinajstić information content (AvgIpc) is 3.64. The van der Waals surface area contributed by atoms with E-state index in [9.17, 15) is 0 Å². The molecule has 6 heterocycles. The van der Waals surface area contributed by atoms with E-state index >= 15 is 0 Å². The molecule has 5 aromatic rings. The number of pyridine rings is 2. The Bertz CT molecular complexity index is 1610. The molecule has 0 bridgehead atoms. The molecule has 2 aliphatic heterocycles. The fourth-order valence-electron chi connectivity index (χ4n) is 5.99. The summed E-state index contributed by atoms with van der Waals surface area (Å²) >= 11 is 0. The van der Waals surface area contributed by atoms with Crippen LogP contribution in [0.1, 0.15) is 25.0 Å². The Morgan fingerprint density at radius 2 is 1.66 bits per heavy atom. The average molecular weight is 547 g/mol. The summed E-state index contributed by atoms with van der Waals surface area (Å²) in [5.74, 6) is 1.70. The van der Waals surface area contributed by atoms with Crippen LogP contribution >= 0.6 is 0 Å². The van der Waals surface area contributed by atoms with Gasteiger partial charge in [-0.3, -0.25) is 19.5 Å². The number of fused-ring (bicyclic) bond motifs is 2. The predicted octanol–water partition coefficient (Wildman–Crippen LogP) is 4.88. The molecule has 0 saturated carbocycles. The third-order valence-corrected chi connectivity index (χ3v) is 8.08. The van der Waals surface area contributed by atoms with Crippen molar-refractivity contribution in [3.8, 4) is 28.3 Å². The van der Waals surface area contributed by atoms with E-state index in [1.54, 1.807) is 0 Å². The number of rotatable bonds is 9. The molecule has 9 nitrogen and oxygen atoms in total. The molecule has 0 aliphatic carbocycles. The van der Waals surface area contributed by atoms with E-state index < -0.39 is 0 Å². The van der Waals surface area contributed by atoms with E-state index in [-0.39, 0.29) is 0 Å². The highest BCUT2D eigenvalue weighted by Crippen LogP contribution is 2.40. The van der Waals surface area contributed by atoms with Crippen molar-refractivity contribution in [3.05, 3.63) is 79.0 Å². The van der Waals surface area contributed by atoms with Crippen LogP contribution in [0.2, 0.25) is 0 Å². The molecular formula is C32H34N8O. The van der Waals surface area contributed by atoms with Crippen molar-refractivity contribution in [3.63, 3.8) is 0 Å². The molecule has 41 heavy (non-hydrogen) atoms. The predicted molar refractivity (Wildman–Crippen MR) is 160 cm³/mol. The first kappa shape index (κ1) is 25.6. The summed E-state index contributed by atoms with van der Waals surface area (Å²) < 4.78 is 8.32. The molecule has 0 spiro atoms. The van der Waals surface area contributed by atoms with Crippen molar-refractivity contribution >= 4 is 16.9 Å². The number of anilines is 1. The van der Waals surface area contributed by atoms with Gasteiger partial charge in [-0.1, -0.05) is 6.07 Å². The maximum atomic E-state index is 6.17. The maximum Gasteiger partial charge on any atom is 0.225 e. The summed E-state index contributed by atoms with van der Waals surface area (Å²) in [6.07, 6.45) is 11.6. The highest BCUT2D eigenvalue weighted by Gasteiger charge is 2.25. The summed E-state index contributed by atoms with van der Waals surface area (Å²) in [6, 6.07) is 16.3. The zero-order valence-electron chi connectivity index (χ0n) is 23.2. The van der Waals surface area contributed by atoms with Gasteiger partial charge in [0, 0.05) is 80.2 Å². The van der Waals surface area contributed by atoms with Crippen LogP contribution in [0.3, 0.4) is 0 Å². The summed E-state index contributed by atoms with van der Waals surface area (Å²) in [5, 5.41) is 6.08. The highest BCUT2D eigenvalue weighted by atomic mass is 16.5. The lowest BCUT2D eigenvalue weighted by molar-refractivity contribution is 0.238. The van der Waals surface area contributed by atoms with Gasteiger partial charge in [0.25, 0.3) is 0 Å². The Morgan fingerprint density at radius 3 is 2.51 bits per heavy atom. The van der Waals surface area contributed by atoms with Crippen LogP contribution in [-0.2, 0) is 13.0 Å². The van der Waals surface area contributed by atoms with Crippen LogP contribution in [0.15, 0.2) is 73.3 Å². The Kier molecular flexibility index (Phi) is 7.25. The molecule has 208 valence electrons. The number of ether oxygens (including phenoxy) is 1. The van der Waals surface area contributed by atoms with Crippen LogP contribution in [0.5, 0.6) is 5.75 Å². The van der Waals surface area contributed by atoms with E-state index in [2.05, 4.69) is 53.7 Å². The van der Waals surface area contributed by atoms with Gasteiger partial charge in [-0.2, -0.15) is 5.10 Å². The summed E-state index contributed by atoms with van der Waals surface area (Å²) in [7, 11) is 0. The van der Waals surface area contributed by atoms with Crippen LogP contribution in [0, 0.1) is 0 Å². The molecule has 0 N–H and O–H groups in total. The molecular weight excluding hydrogens is 512 g/mol. The second kappa shape index (κ2) is 11.6. The number of piperazine rings is 1. The van der Waals surface area contributed by atoms with Crippen LogP contribution in [0.4, 0.5) is 5.95 Å². The first-order valence-electron chi connectivity index (χ1n) is 14.6. The number of hydrogen-bond acceptors (Lipinski definition) is 8. The minimum atomic E-state index is 0.698. The second-order valence-electron chi connectivity index (χ2n) is 10.7. The molecule has 0 unspecified atom stereocenters. The smallest absolute Gasteiger partial charge is 0.225 e. The normalized spacial score (nSPS) is 15.4. The lowest BCUT2D eigenvalue weighted by atomic mass is 9.96. The fourth-order valence-corrected chi connectivity index (χ4v) is 5.99. The Hall–Kier alpha value is -4.37. The van der Waals surface area contributed by atoms with E-state index in [4.69, 9.17) is 14.8 Å². The van der Waals surface area contributed by atoms with Gasteiger partial charge in [-0.05, 0) is 74.2 Å². The van der Waals surface area contributed by atoms with E-state index in [0.29, 0.717) is 6.61 Å². The first-order valence-corrected chi connectivity index (χ1v) is 14.6. The lowest BCUT2D eigenvalue weighted by Gasteiger charge is -2.34.